The van der Waals surface area contributed by atoms with Crippen LogP contribution in [0, 0.1) is 18.7 Å². The van der Waals surface area contributed by atoms with Crippen LogP contribution in [-0.4, -0.2) is 29.8 Å². The van der Waals surface area contributed by atoms with Gasteiger partial charge in [-0.1, -0.05) is 18.2 Å². The molecule has 2 amide bonds. The molecule has 4 nitrogen and oxygen atoms in total. The molecular formula is C20H21FN2O2. The van der Waals surface area contributed by atoms with E-state index in [0.29, 0.717) is 31.5 Å². The molecule has 1 heterocycles. The van der Waals surface area contributed by atoms with Gasteiger partial charge in [-0.2, -0.15) is 0 Å². The van der Waals surface area contributed by atoms with Crippen LogP contribution in [0.5, 0.6) is 0 Å². The first kappa shape index (κ1) is 17.1. The Labute approximate surface area is 146 Å². The van der Waals surface area contributed by atoms with Gasteiger partial charge in [0.1, 0.15) is 5.82 Å². The number of hydrogen-bond acceptors (Lipinski definition) is 2. The number of piperidine rings is 1. The second-order valence-corrected chi connectivity index (χ2v) is 6.44. The average Bonchev–Trinajstić information content (AvgIpc) is 2.61. The lowest BCUT2D eigenvalue weighted by molar-refractivity contribution is -0.121. The maximum atomic E-state index is 13.3. The molecule has 0 radical (unpaired) electrons. The van der Waals surface area contributed by atoms with Crippen LogP contribution in [0.2, 0.25) is 0 Å². The Balaban J connectivity index is 1.56. The van der Waals surface area contributed by atoms with E-state index in [2.05, 4.69) is 5.32 Å². The number of aryl methyl sites for hydroxylation is 1. The number of benzene rings is 2. The van der Waals surface area contributed by atoms with E-state index in [1.165, 1.54) is 18.2 Å². The zero-order valence-electron chi connectivity index (χ0n) is 14.2. The highest BCUT2D eigenvalue weighted by Crippen LogP contribution is 2.21. The van der Waals surface area contributed by atoms with Crippen molar-refractivity contribution >= 4 is 17.5 Å². The number of likely N-dealkylation sites (tertiary alicyclic amines) is 1. The number of amides is 2. The predicted octanol–water partition coefficient (Wildman–Crippen LogP) is 3.63. The fourth-order valence-electron chi connectivity index (χ4n) is 3.12. The van der Waals surface area contributed by atoms with Gasteiger partial charge in [0, 0.05) is 30.3 Å². The molecule has 0 saturated carbocycles. The van der Waals surface area contributed by atoms with Gasteiger partial charge >= 0.3 is 0 Å². The van der Waals surface area contributed by atoms with Crippen LogP contribution in [0.15, 0.2) is 48.5 Å². The van der Waals surface area contributed by atoms with E-state index in [-0.39, 0.29) is 17.7 Å². The largest absolute Gasteiger partial charge is 0.339 e. The van der Waals surface area contributed by atoms with Crippen LogP contribution in [-0.2, 0) is 4.79 Å². The summed E-state index contributed by atoms with van der Waals surface area (Å²) in [6, 6.07) is 13.4. The summed E-state index contributed by atoms with van der Waals surface area (Å²) in [6.45, 7) is 2.98. The molecule has 0 aromatic heterocycles. The number of carbonyl (C=O) groups excluding carboxylic acids is 2. The van der Waals surface area contributed by atoms with Crippen LogP contribution < -0.4 is 5.32 Å². The predicted molar refractivity (Wildman–Crippen MR) is 94.8 cm³/mol. The lowest BCUT2D eigenvalue weighted by atomic mass is 9.95. The van der Waals surface area contributed by atoms with Crippen LogP contribution in [0.25, 0.3) is 0 Å². The van der Waals surface area contributed by atoms with Crippen LogP contribution in [0.1, 0.15) is 28.8 Å². The van der Waals surface area contributed by atoms with Crippen molar-refractivity contribution in [3.63, 3.8) is 0 Å². The first-order chi connectivity index (χ1) is 12.0. The lowest BCUT2D eigenvalue weighted by Crippen LogP contribution is -2.41. The maximum Gasteiger partial charge on any atom is 0.253 e. The van der Waals surface area contributed by atoms with Gasteiger partial charge < -0.3 is 10.2 Å². The standard InChI is InChI=1S/C20H21FN2O2/c1-14-4-2-7-18(12-14)22-19(24)15-8-10-23(11-9-15)20(25)16-5-3-6-17(21)13-16/h2-7,12-13,15H,8-11H2,1H3,(H,22,24). The average molecular weight is 340 g/mol. The molecular weight excluding hydrogens is 319 g/mol. The topological polar surface area (TPSA) is 49.4 Å². The quantitative estimate of drug-likeness (QED) is 0.928. The second-order valence-electron chi connectivity index (χ2n) is 6.44. The zero-order chi connectivity index (χ0) is 17.8. The van der Waals surface area contributed by atoms with Crippen LogP contribution >= 0.6 is 0 Å². The summed E-state index contributed by atoms with van der Waals surface area (Å²) in [5.41, 5.74) is 2.24. The molecule has 0 bridgehead atoms. The molecule has 0 aliphatic carbocycles. The molecule has 130 valence electrons. The highest BCUT2D eigenvalue weighted by Gasteiger charge is 2.28. The highest BCUT2D eigenvalue weighted by molar-refractivity contribution is 5.95. The van der Waals surface area contributed by atoms with Gasteiger partial charge in [-0.05, 0) is 55.7 Å². The Hall–Kier alpha value is -2.69. The SMILES string of the molecule is Cc1cccc(NC(=O)C2CCN(C(=O)c3cccc(F)c3)CC2)c1. The molecule has 25 heavy (non-hydrogen) atoms. The summed E-state index contributed by atoms with van der Waals surface area (Å²) < 4.78 is 13.3. The van der Waals surface area contributed by atoms with Gasteiger partial charge in [-0.15, -0.1) is 0 Å². The first-order valence-electron chi connectivity index (χ1n) is 8.45. The molecule has 0 spiro atoms. The van der Waals surface area contributed by atoms with E-state index >= 15 is 0 Å². The minimum atomic E-state index is -0.418. The smallest absolute Gasteiger partial charge is 0.253 e. The number of nitrogens with zero attached hydrogens (tertiary/aromatic N) is 1. The monoisotopic (exact) mass is 340 g/mol. The third-order valence-corrected chi connectivity index (χ3v) is 4.51. The molecule has 1 saturated heterocycles. The summed E-state index contributed by atoms with van der Waals surface area (Å²) in [4.78, 5) is 26.5. The molecule has 2 aromatic carbocycles. The Kier molecular flexibility index (Phi) is 5.12. The summed E-state index contributed by atoms with van der Waals surface area (Å²) in [5.74, 6) is -0.726. The van der Waals surface area contributed by atoms with Gasteiger partial charge in [0.05, 0.1) is 0 Å². The van der Waals surface area contributed by atoms with Gasteiger partial charge in [-0.25, -0.2) is 4.39 Å². The molecule has 0 unspecified atom stereocenters. The van der Waals surface area contributed by atoms with Crippen molar-refractivity contribution in [2.24, 2.45) is 5.92 Å². The molecule has 0 atom stereocenters. The van der Waals surface area contributed by atoms with Gasteiger partial charge in [0.15, 0.2) is 0 Å². The van der Waals surface area contributed by atoms with E-state index in [1.54, 1.807) is 11.0 Å². The van der Waals surface area contributed by atoms with Gasteiger partial charge in [0.2, 0.25) is 5.91 Å². The molecule has 2 aromatic rings. The summed E-state index contributed by atoms with van der Waals surface area (Å²) in [5, 5.41) is 2.94. The number of hydrogen-bond donors (Lipinski definition) is 1. The highest BCUT2D eigenvalue weighted by atomic mass is 19.1. The van der Waals surface area contributed by atoms with Crippen molar-refractivity contribution < 1.29 is 14.0 Å². The third kappa shape index (κ3) is 4.24. The lowest BCUT2D eigenvalue weighted by Gasteiger charge is -2.31. The number of halogens is 1. The van der Waals surface area contributed by atoms with Gasteiger partial charge in [0.25, 0.3) is 5.91 Å². The Morgan fingerprint density at radius 3 is 2.48 bits per heavy atom. The number of anilines is 1. The third-order valence-electron chi connectivity index (χ3n) is 4.51. The number of rotatable bonds is 3. The minimum absolute atomic E-state index is 0.0107. The maximum absolute atomic E-state index is 13.3. The van der Waals surface area contributed by atoms with Gasteiger partial charge in [-0.3, -0.25) is 9.59 Å². The molecule has 5 heteroatoms. The number of nitrogens with one attached hydrogen (secondary N) is 1. The fraction of sp³-hybridized carbons (Fsp3) is 0.300. The van der Waals surface area contributed by atoms with Crippen LogP contribution in [0.3, 0.4) is 0 Å². The molecule has 1 N–H and O–H groups in total. The second kappa shape index (κ2) is 7.47. The fourth-order valence-corrected chi connectivity index (χ4v) is 3.12. The summed E-state index contributed by atoms with van der Waals surface area (Å²) >= 11 is 0. The molecule has 3 rings (SSSR count). The van der Waals surface area contributed by atoms with Crippen LogP contribution in [0.4, 0.5) is 10.1 Å². The molecule has 1 fully saturated rings. The Bertz CT molecular complexity index is 783. The normalized spacial score (nSPS) is 15.0. The number of carbonyl (C=O) groups is 2. The summed E-state index contributed by atoms with van der Waals surface area (Å²) in [6.07, 6.45) is 1.22. The van der Waals surface area contributed by atoms with E-state index in [9.17, 15) is 14.0 Å². The van der Waals surface area contributed by atoms with E-state index in [0.717, 1.165) is 11.3 Å². The van der Waals surface area contributed by atoms with Crippen molar-refractivity contribution in [2.45, 2.75) is 19.8 Å². The Morgan fingerprint density at radius 2 is 1.80 bits per heavy atom. The minimum Gasteiger partial charge on any atom is -0.339 e. The van der Waals surface area contributed by atoms with Crippen molar-refractivity contribution in [3.8, 4) is 0 Å². The Morgan fingerprint density at radius 1 is 1.08 bits per heavy atom. The van der Waals surface area contributed by atoms with Crippen molar-refractivity contribution in [1.29, 1.82) is 0 Å². The first-order valence-corrected chi connectivity index (χ1v) is 8.45. The van der Waals surface area contributed by atoms with Crippen molar-refractivity contribution in [2.75, 3.05) is 18.4 Å². The zero-order valence-corrected chi connectivity index (χ0v) is 14.2. The molecule has 1 aliphatic heterocycles. The van der Waals surface area contributed by atoms with Crippen molar-refractivity contribution in [3.05, 3.63) is 65.5 Å². The van der Waals surface area contributed by atoms with Crippen molar-refractivity contribution in [1.82, 2.24) is 4.90 Å². The van der Waals surface area contributed by atoms with E-state index in [1.807, 2.05) is 31.2 Å². The van der Waals surface area contributed by atoms with E-state index < -0.39 is 5.82 Å². The summed E-state index contributed by atoms with van der Waals surface area (Å²) in [7, 11) is 0. The molecule has 1 aliphatic rings. The van der Waals surface area contributed by atoms with E-state index in [4.69, 9.17) is 0 Å².